The molecule has 150 valence electrons. The van der Waals surface area contributed by atoms with E-state index in [0.717, 1.165) is 14.7 Å². The number of carbonyl (C=O) groups is 3. The fraction of sp³-hybridized carbons (Fsp3) is 0.250. The minimum absolute atomic E-state index is 0.118. The first-order valence-corrected chi connectivity index (χ1v) is 10.4. The monoisotopic (exact) mass is 477 g/mol. The molecule has 1 unspecified atom stereocenters. The smallest absolute Gasteiger partial charge is 0.341 e. The molecule has 1 aliphatic carbocycles. The van der Waals surface area contributed by atoms with Gasteiger partial charge in [0.2, 0.25) is 0 Å². The van der Waals surface area contributed by atoms with Crippen LogP contribution in [0.4, 0.5) is 5.00 Å². The van der Waals surface area contributed by atoms with Crippen molar-refractivity contribution in [1.82, 2.24) is 0 Å². The van der Waals surface area contributed by atoms with Crippen LogP contribution in [-0.2, 0) is 20.7 Å². The highest BCUT2D eigenvalue weighted by Crippen LogP contribution is 2.46. The number of amides is 1. The van der Waals surface area contributed by atoms with E-state index in [1.165, 1.54) is 25.6 Å². The van der Waals surface area contributed by atoms with Gasteiger partial charge in [0, 0.05) is 14.7 Å². The second-order valence-electron chi connectivity index (χ2n) is 6.50. The molecule has 0 bridgehead atoms. The number of benzene rings is 1. The van der Waals surface area contributed by atoms with Gasteiger partial charge in [0.1, 0.15) is 10.6 Å². The van der Waals surface area contributed by atoms with Crippen LogP contribution in [-0.4, -0.2) is 32.1 Å². The molecule has 29 heavy (non-hydrogen) atoms. The first kappa shape index (κ1) is 19.7. The molecule has 4 rings (SSSR count). The number of aryl methyl sites for hydroxylation is 1. The number of rotatable bonds is 4. The Hall–Kier alpha value is -2.65. The number of anilines is 1. The summed E-state index contributed by atoms with van der Waals surface area (Å²) in [6, 6.07) is 7.05. The van der Waals surface area contributed by atoms with E-state index >= 15 is 0 Å². The molecule has 0 aliphatic heterocycles. The second kappa shape index (κ2) is 7.64. The van der Waals surface area contributed by atoms with Crippen LogP contribution in [0.2, 0.25) is 0 Å². The topological polar surface area (TPSA) is 94.8 Å². The number of carbonyl (C=O) groups excluding carboxylic acids is 3. The zero-order valence-corrected chi connectivity index (χ0v) is 17.9. The van der Waals surface area contributed by atoms with Crippen LogP contribution in [0.25, 0.3) is 11.0 Å². The van der Waals surface area contributed by atoms with Gasteiger partial charge in [0.05, 0.1) is 25.7 Å². The Morgan fingerprint density at radius 2 is 2.00 bits per heavy atom. The van der Waals surface area contributed by atoms with E-state index in [4.69, 9.17) is 13.9 Å². The lowest BCUT2D eigenvalue weighted by Crippen LogP contribution is -2.17. The molecule has 0 saturated carbocycles. The summed E-state index contributed by atoms with van der Waals surface area (Å²) in [7, 11) is 2.57. The van der Waals surface area contributed by atoms with Crippen molar-refractivity contribution >= 4 is 61.1 Å². The standard InChI is InChI=1S/C20H16BrNO6S/c1-26-19(24)11-4-6-14-15(11)16(20(25)27-2)18(29-14)22-17(23)13-8-9-7-10(21)3-5-12(9)28-13/h3,5,7-8,11H,4,6H2,1-2H3,(H,22,23). The lowest BCUT2D eigenvalue weighted by atomic mass is 9.99. The average Bonchev–Trinajstić information content (AvgIpc) is 3.39. The number of methoxy groups -OCH3 is 2. The molecule has 9 heteroatoms. The van der Waals surface area contributed by atoms with Crippen molar-refractivity contribution in [2.75, 3.05) is 19.5 Å². The molecule has 0 radical (unpaired) electrons. The summed E-state index contributed by atoms with van der Waals surface area (Å²) in [5.41, 5.74) is 1.36. The van der Waals surface area contributed by atoms with E-state index in [1.54, 1.807) is 12.1 Å². The van der Waals surface area contributed by atoms with Gasteiger partial charge in [-0.2, -0.15) is 0 Å². The number of furan rings is 1. The minimum atomic E-state index is -0.609. The summed E-state index contributed by atoms with van der Waals surface area (Å²) in [6.07, 6.45) is 1.18. The summed E-state index contributed by atoms with van der Waals surface area (Å²) in [4.78, 5) is 38.2. The summed E-state index contributed by atoms with van der Waals surface area (Å²) in [5, 5.41) is 3.86. The number of hydrogen-bond acceptors (Lipinski definition) is 7. The van der Waals surface area contributed by atoms with Crippen molar-refractivity contribution in [2.24, 2.45) is 0 Å². The summed E-state index contributed by atoms with van der Waals surface area (Å²) >= 11 is 4.65. The number of esters is 2. The molecule has 2 aromatic heterocycles. The molecule has 1 aromatic carbocycles. The van der Waals surface area contributed by atoms with Crippen LogP contribution in [0, 0.1) is 0 Å². The molecule has 1 N–H and O–H groups in total. The largest absolute Gasteiger partial charge is 0.469 e. The van der Waals surface area contributed by atoms with Crippen molar-refractivity contribution in [3.05, 3.63) is 50.5 Å². The highest BCUT2D eigenvalue weighted by Gasteiger charge is 2.38. The van der Waals surface area contributed by atoms with Crippen LogP contribution in [0.3, 0.4) is 0 Å². The third kappa shape index (κ3) is 3.44. The lowest BCUT2D eigenvalue weighted by Gasteiger charge is -2.11. The summed E-state index contributed by atoms with van der Waals surface area (Å²) in [5.74, 6) is -1.94. The van der Waals surface area contributed by atoms with Crippen LogP contribution in [0.5, 0.6) is 0 Å². The summed E-state index contributed by atoms with van der Waals surface area (Å²) in [6.45, 7) is 0. The van der Waals surface area contributed by atoms with E-state index < -0.39 is 23.8 Å². The third-order valence-corrected chi connectivity index (χ3v) is 6.51. The number of fused-ring (bicyclic) bond motifs is 2. The quantitative estimate of drug-likeness (QED) is 0.555. The van der Waals surface area contributed by atoms with Gasteiger partial charge in [-0.25, -0.2) is 4.79 Å². The van der Waals surface area contributed by atoms with Gasteiger partial charge >= 0.3 is 11.9 Å². The fourth-order valence-electron chi connectivity index (χ4n) is 3.53. The van der Waals surface area contributed by atoms with Crippen LogP contribution < -0.4 is 5.32 Å². The Bertz CT molecular complexity index is 1150. The molecule has 0 fully saturated rings. The fourth-order valence-corrected chi connectivity index (χ4v) is 5.16. The van der Waals surface area contributed by atoms with Gasteiger partial charge < -0.3 is 19.2 Å². The first-order chi connectivity index (χ1) is 13.9. The highest BCUT2D eigenvalue weighted by atomic mass is 79.9. The lowest BCUT2D eigenvalue weighted by molar-refractivity contribution is -0.142. The molecule has 0 spiro atoms. The van der Waals surface area contributed by atoms with Gasteiger partial charge in [-0.3, -0.25) is 9.59 Å². The summed E-state index contributed by atoms with van der Waals surface area (Å²) < 4.78 is 16.3. The van der Waals surface area contributed by atoms with E-state index in [2.05, 4.69) is 21.2 Å². The van der Waals surface area contributed by atoms with Crippen molar-refractivity contribution in [3.63, 3.8) is 0 Å². The highest BCUT2D eigenvalue weighted by molar-refractivity contribution is 9.10. The molecule has 0 saturated heterocycles. The average molecular weight is 478 g/mol. The van der Waals surface area contributed by atoms with Crippen LogP contribution in [0.15, 0.2) is 33.2 Å². The first-order valence-electron chi connectivity index (χ1n) is 8.75. The molecule has 1 aliphatic rings. The molecule has 1 amide bonds. The van der Waals surface area contributed by atoms with E-state index in [1.807, 2.05) is 12.1 Å². The molecule has 1 atom stereocenters. The molecule has 2 heterocycles. The zero-order chi connectivity index (χ0) is 20.7. The maximum Gasteiger partial charge on any atom is 0.341 e. The van der Waals surface area contributed by atoms with Crippen molar-refractivity contribution < 1.29 is 28.3 Å². The number of thiophene rings is 1. The SMILES string of the molecule is COC(=O)c1c(NC(=O)c2cc3cc(Br)ccc3o2)sc2c1C(C(=O)OC)CC2. The van der Waals surface area contributed by atoms with Crippen molar-refractivity contribution in [3.8, 4) is 0 Å². The Kier molecular flexibility index (Phi) is 5.18. The minimum Gasteiger partial charge on any atom is -0.469 e. The van der Waals surface area contributed by atoms with Gasteiger partial charge in [0.25, 0.3) is 5.91 Å². The number of halogens is 1. The van der Waals surface area contributed by atoms with E-state index in [9.17, 15) is 14.4 Å². The predicted octanol–water partition coefficient (Wildman–Crippen LogP) is 4.50. The number of hydrogen-bond donors (Lipinski definition) is 1. The molecular formula is C20H16BrNO6S. The Morgan fingerprint density at radius 1 is 1.21 bits per heavy atom. The molecule has 7 nitrogen and oxygen atoms in total. The Labute approximate surface area is 178 Å². The zero-order valence-electron chi connectivity index (χ0n) is 15.5. The third-order valence-electron chi connectivity index (χ3n) is 4.84. The predicted molar refractivity (Wildman–Crippen MR) is 111 cm³/mol. The number of ether oxygens (including phenoxy) is 2. The maximum absolute atomic E-state index is 12.8. The van der Waals surface area contributed by atoms with E-state index in [0.29, 0.717) is 29.0 Å². The second-order valence-corrected chi connectivity index (χ2v) is 8.52. The van der Waals surface area contributed by atoms with Crippen LogP contribution >= 0.6 is 27.3 Å². The van der Waals surface area contributed by atoms with Gasteiger partial charge in [-0.15, -0.1) is 11.3 Å². The van der Waals surface area contributed by atoms with E-state index in [-0.39, 0.29) is 11.3 Å². The Morgan fingerprint density at radius 3 is 2.72 bits per heavy atom. The van der Waals surface area contributed by atoms with Crippen LogP contribution in [0.1, 0.15) is 43.7 Å². The normalized spacial score (nSPS) is 15.2. The number of nitrogens with one attached hydrogen (secondary N) is 1. The molecular weight excluding hydrogens is 462 g/mol. The van der Waals surface area contributed by atoms with Gasteiger partial charge in [0.15, 0.2) is 5.76 Å². The van der Waals surface area contributed by atoms with Gasteiger partial charge in [-0.1, -0.05) is 15.9 Å². The molecule has 3 aromatic rings. The maximum atomic E-state index is 12.8. The van der Waals surface area contributed by atoms with Crippen molar-refractivity contribution in [2.45, 2.75) is 18.8 Å². The van der Waals surface area contributed by atoms with Crippen molar-refractivity contribution in [1.29, 1.82) is 0 Å². The Balaban J connectivity index is 1.70. The van der Waals surface area contributed by atoms with Gasteiger partial charge in [-0.05, 0) is 42.7 Å².